The third-order valence-corrected chi connectivity index (χ3v) is 11.4. The Morgan fingerprint density at radius 2 is 1.21 bits per heavy atom. The molecule has 0 aromatic heterocycles. The molecule has 4 rings (SSSR count). The van der Waals surface area contributed by atoms with Gasteiger partial charge >= 0.3 is 12.1 Å². The van der Waals surface area contributed by atoms with Gasteiger partial charge in [-0.1, -0.05) is 64.1 Å². The fourth-order valence-electron chi connectivity index (χ4n) is 7.34. The van der Waals surface area contributed by atoms with E-state index in [1.807, 2.05) is 64.1 Å². The van der Waals surface area contributed by atoms with Crippen LogP contribution >= 0.6 is 0 Å². The number of amides is 6. The van der Waals surface area contributed by atoms with E-state index >= 15 is 0 Å². The minimum atomic E-state index is -1.23. The molecule has 2 saturated heterocycles. The number of hydrazine groups is 1. The maximum absolute atomic E-state index is 14.2. The molecule has 2 aliphatic heterocycles. The summed E-state index contributed by atoms with van der Waals surface area (Å²) in [6, 6.07) is 11.4. The van der Waals surface area contributed by atoms with Crippen LogP contribution in [0.15, 0.2) is 48.5 Å². The van der Waals surface area contributed by atoms with Gasteiger partial charge in [0, 0.05) is 79.5 Å². The highest BCUT2D eigenvalue weighted by Crippen LogP contribution is 2.28. The van der Waals surface area contributed by atoms with Gasteiger partial charge in [-0.3, -0.25) is 24.8 Å². The summed E-state index contributed by atoms with van der Waals surface area (Å²) in [6.07, 6.45) is -0.973. The Kier molecular flexibility index (Phi) is 21.1. The maximum atomic E-state index is 14.2. The standard InChI is InChI=1S/C45H73N9O9/c1-32(2)40(47-44(58)50(5)16-18-52-20-24-62-25-21-52)42(56)46-36(28-34-12-10-9-11-13-34)37(55)31-54(30-35-14-15-38(60-7)39(29-35)61-8)49-43(57)41(33(3)4)48-45(59)51(6)17-19-53-22-26-63-27-23-53/h9-15,29,32-33,36-37,40-41,55H,16-28,30-31H2,1-8H3,(H,46,56)(H,47,58)(H,48,59)(H,49,57)/t36?,37?,40-,41-/m0/s1. The molecule has 4 atom stereocenters. The number of carbonyl (C=O) groups is 4. The molecule has 0 spiro atoms. The number of hydrogen-bond acceptors (Lipinski definition) is 12. The first-order valence-electron chi connectivity index (χ1n) is 22.1. The maximum Gasteiger partial charge on any atom is 0.317 e. The summed E-state index contributed by atoms with van der Waals surface area (Å²) < 4.78 is 21.9. The van der Waals surface area contributed by atoms with Gasteiger partial charge in [0.2, 0.25) is 5.91 Å². The van der Waals surface area contributed by atoms with Crippen molar-refractivity contribution in [3.05, 3.63) is 59.7 Å². The molecule has 352 valence electrons. The summed E-state index contributed by atoms with van der Waals surface area (Å²) in [5.74, 6) is -0.484. The zero-order valence-electron chi connectivity index (χ0n) is 38.6. The van der Waals surface area contributed by atoms with Gasteiger partial charge in [0.1, 0.15) is 12.1 Å². The lowest BCUT2D eigenvalue weighted by Gasteiger charge is -2.34. The van der Waals surface area contributed by atoms with E-state index in [2.05, 4.69) is 31.2 Å². The number of carbonyl (C=O) groups excluding carboxylic acids is 4. The quantitative estimate of drug-likeness (QED) is 0.102. The molecule has 18 heteroatoms. The second kappa shape index (κ2) is 26.2. The number of nitrogens with one attached hydrogen (secondary N) is 4. The topological polar surface area (TPSA) is 190 Å². The number of likely N-dealkylation sites (N-methyl/N-ethyl adjacent to an activating group) is 2. The summed E-state index contributed by atoms with van der Waals surface area (Å²) in [5, 5.41) is 22.6. The summed E-state index contributed by atoms with van der Waals surface area (Å²) >= 11 is 0. The Morgan fingerprint density at radius 1 is 0.698 bits per heavy atom. The van der Waals surface area contributed by atoms with Crippen LogP contribution in [0.5, 0.6) is 11.5 Å². The minimum Gasteiger partial charge on any atom is -0.493 e. The molecule has 2 heterocycles. The van der Waals surface area contributed by atoms with E-state index < -0.39 is 36.0 Å². The van der Waals surface area contributed by atoms with Crippen molar-refractivity contribution in [1.29, 1.82) is 0 Å². The summed E-state index contributed by atoms with van der Waals surface area (Å²) in [5.41, 5.74) is 4.58. The first-order valence-corrected chi connectivity index (χ1v) is 22.1. The molecule has 2 aromatic carbocycles. The van der Waals surface area contributed by atoms with E-state index in [0.717, 1.165) is 37.3 Å². The minimum absolute atomic E-state index is 0.120. The van der Waals surface area contributed by atoms with E-state index in [9.17, 15) is 24.3 Å². The lowest BCUT2D eigenvalue weighted by atomic mass is 9.98. The van der Waals surface area contributed by atoms with Crippen LogP contribution in [-0.2, 0) is 32.0 Å². The molecule has 6 amide bonds. The zero-order valence-corrected chi connectivity index (χ0v) is 38.6. The number of ether oxygens (including phenoxy) is 4. The van der Waals surface area contributed by atoms with Crippen LogP contribution in [0.25, 0.3) is 0 Å². The van der Waals surface area contributed by atoms with E-state index in [0.29, 0.717) is 64.1 Å². The lowest BCUT2D eigenvalue weighted by molar-refractivity contribution is -0.131. The van der Waals surface area contributed by atoms with Crippen LogP contribution < -0.4 is 30.8 Å². The number of methoxy groups -OCH3 is 2. The van der Waals surface area contributed by atoms with Gasteiger partial charge in [-0.15, -0.1) is 0 Å². The van der Waals surface area contributed by atoms with Gasteiger partial charge in [0.05, 0.1) is 52.8 Å². The van der Waals surface area contributed by atoms with Gasteiger partial charge < -0.3 is 49.8 Å². The predicted octanol–water partition coefficient (Wildman–Crippen LogP) is 1.62. The fourth-order valence-corrected chi connectivity index (χ4v) is 7.34. The Labute approximate surface area is 373 Å². The van der Waals surface area contributed by atoms with E-state index in [-0.39, 0.29) is 43.4 Å². The molecule has 18 nitrogen and oxygen atoms in total. The van der Waals surface area contributed by atoms with Crippen molar-refractivity contribution in [2.45, 2.75) is 64.9 Å². The molecule has 63 heavy (non-hydrogen) atoms. The van der Waals surface area contributed by atoms with Gasteiger partial charge in [0.25, 0.3) is 5.91 Å². The molecule has 0 aliphatic carbocycles. The highest BCUT2D eigenvalue weighted by molar-refractivity contribution is 5.88. The Hall–Kier alpha value is -4.72. The van der Waals surface area contributed by atoms with Crippen LogP contribution in [0.1, 0.15) is 38.8 Å². The van der Waals surface area contributed by atoms with Crippen LogP contribution in [0.2, 0.25) is 0 Å². The fraction of sp³-hybridized carbons (Fsp3) is 0.644. The zero-order chi connectivity index (χ0) is 45.9. The molecular formula is C45H73N9O9. The van der Waals surface area contributed by atoms with Gasteiger partial charge in [0.15, 0.2) is 11.5 Å². The SMILES string of the molecule is COc1ccc(CN(CC(O)C(Cc2ccccc2)NC(=O)[C@@H](NC(=O)N(C)CCN2CCOCC2)C(C)C)NC(=O)[C@@H](NC(=O)N(C)CCN2CCOCC2)C(C)C)cc1OC. The third-order valence-electron chi connectivity index (χ3n) is 11.4. The van der Waals surface area contributed by atoms with Crippen LogP contribution in [0.4, 0.5) is 9.59 Å². The number of nitrogens with zero attached hydrogens (tertiary/aromatic N) is 5. The highest BCUT2D eigenvalue weighted by atomic mass is 16.5. The van der Waals surface area contributed by atoms with E-state index in [1.54, 1.807) is 48.1 Å². The van der Waals surface area contributed by atoms with Crippen molar-refractivity contribution in [3.8, 4) is 11.5 Å². The summed E-state index contributed by atoms with van der Waals surface area (Å²) in [6.45, 7) is 15.5. The smallest absolute Gasteiger partial charge is 0.317 e. The molecule has 0 radical (unpaired) electrons. The Morgan fingerprint density at radius 3 is 1.70 bits per heavy atom. The number of aliphatic hydroxyl groups is 1. The largest absolute Gasteiger partial charge is 0.493 e. The average Bonchev–Trinajstić information content (AvgIpc) is 3.28. The lowest BCUT2D eigenvalue weighted by Crippen LogP contribution is -2.60. The summed E-state index contributed by atoms with van der Waals surface area (Å²) in [7, 11) is 6.48. The van der Waals surface area contributed by atoms with Crippen molar-refractivity contribution in [2.24, 2.45) is 11.8 Å². The molecule has 2 aromatic rings. The van der Waals surface area contributed by atoms with Gasteiger partial charge in [-0.05, 0) is 41.5 Å². The molecular weight excluding hydrogens is 811 g/mol. The normalized spacial score (nSPS) is 16.8. The van der Waals surface area contributed by atoms with Crippen molar-refractivity contribution in [3.63, 3.8) is 0 Å². The molecule has 2 unspecified atom stereocenters. The van der Waals surface area contributed by atoms with Crippen molar-refractivity contribution in [2.75, 3.05) is 114 Å². The van der Waals surface area contributed by atoms with Crippen LogP contribution in [0.3, 0.4) is 0 Å². The van der Waals surface area contributed by atoms with Gasteiger partial charge in [-0.2, -0.15) is 0 Å². The van der Waals surface area contributed by atoms with E-state index in [1.165, 1.54) is 7.11 Å². The number of rotatable bonds is 23. The van der Waals surface area contributed by atoms with Crippen LogP contribution in [-0.4, -0.2) is 191 Å². The summed E-state index contributed by atoms with van der Waals surface area (Å²) in [4.78, 5) is 62.8. The van der Waals surface area contributed by atoms with Crippen molar-refractivity contribution >= 4 is 23.9 Å². The number of urea groups is 2. The molecule has 0 saturated carbocycles. The average molecular weight is 884 g/mol. The number of hydrogen-bond donors (Lipinski definition) is 5. The molecule has 2 aliphatic rings. The van der Waals surface area contributed by atoms with Crippen LogP contribution in [0, 0.1) is 11.8 Å². The first-order chi connectivity index (χ1) is 30.2. The monoisotopic (exact) mass is 884 g/mol. The highest BCUT2D eigenvalue weighted by Gasteiger charge is 2.33. The Bertz CT molecular complexity index is 1710. The molecule has 0 bridgehead atoms. The van der Waals surface area contributed by atoms with Gasteiger partial charge in [-0.25, -0.2) is 14.6 Å². The van der Waals surface area contributed by atoms with E-state index in [4.69, 9.17) is 18.9 Å². The second-order valence-corrected chi connectivity index (χ2v) is 17.0. The van der Waals surface area contributed by atoms with Crippen molar-refractivity contribution < 1.29 is 43.2 Å². The van der Waals surface area contributed by atoms with Crippen molar-refractivity contribution in [1.82, 2.24) is 46.0 Å². The molecule has 2 fully saturated rings. The third kappa shape index (κ3) is 16.7. The predicted molar refractivity (Wildman–Crippen MR) is 240 cm³/mol. The Balaban J connectivity index is 1.53. The molecule has 5 N–H and O–H groups in total. The first kappa shape index (κ1) is 50.9. The number of benzene rings is 2. The number of morpholine rings is 2. The number of aliphatic hydroxyl groups excluding tert-OH is 1. The second-order valence-electron chi connectivity index (χ2n) is 17.0.